The van der Waals surface area contributed by atoms with Gasteiger partial charge in [0.2, 0.25) is 5.91 Å². The zero-order valence-corrected chi connectivity index (χ0v) is 41.5. The lowest BCUT2D eigenvalue weighted by atomic mass is 10.0. The van der Waals surface area contributed by atoms with Gasteiger partial charge in [0.1, 0.15) is 12.7 Å². The third kappa shape index (κ3) is 46.5. The first-order chi connectivity index (χ1) is 30.6. The maximum atomic E-state index is 12.4. The third-order valence-electron chi connectivity index (χ3n) is 11.8. The summed E-state index contributed by atoms with van der Waals surface area (Å²) in [5.41, 5.74) is 0. The molecule has 63 heavy (non-hydrogen) atoms. The fourth-order valence-corrected chi connectivity index (χ4v) is 8.50. The quantitative estimate of drug-likeness (QED) is 0.0199. The normalized spacial score (nSPS) is 13.6. The number of phosphoric acid groups is 1. The standard InChI is InChI=1S/C51H98NO10P/c1-3-5-7-9-11-13-15-17-19-21-23-24-25-26-28-30-32-34-36-38-40-42-49(54)52-48(51(56)57)46-62-63(58,59)61-45-47(53)44-60-50(55)43-41-39-37-35-33-31-29-27-22-20-18-16-14-12-10-8-6-4-2/h20,22,47-48,53H,3-19,21,23-46H2,1-2H3,(H,52,54)(H,56,57)(H,58,59)/b22-20-. The minimum Gasteiger partial charge on any atom is -0.480 e. The van der Waals surface area contributed by atoms with Crippen molar-refractivity contribution in [2.45, 2.75) is 276 Å². The highest BCUT2D eigenvalue weighted by atomic mass is 31.2. The molecule has 4 N–H and O–H groups in total. The number of aliphatic carboxylic acids is 1. The number of allylic oxidation sites excluding steroid dienone is 2. The summed E-state index contributed by atoms with van der Waals surface area (Å²) in [4.78, 5) is 46.1. The first kappa shape index (κ1) is 61.2. The molecule has 0 aromatic rings. The lowest BCUT2D eigenvalue weighted by molar-refractivity contribution is -0.147. The molecule has 0 aromatic carbocycles. The Kier molecular flexibility index (Phi) is 45.4. The Labute approximate surface area is 386 Å². The van der Waals surface area contributed by atoms with E-state index in [0.717, 1.165) is 44.9 Å². The van der Waals surface area contributed by atoms with Gasteiger partial charge in [0.05, 0.1) is 13.2 Å². The van der Waals surface area contributed by atoms with Gasteiger partial charge in [0, 0.05) is 12.8 Å². The van der Waals surface area contributed by atoms with Crippen LogP contribution in [0.15, 0.2) is 12.2 Å². The number of nitrogens with one attached hydrogen (secondary N) is 1. The van der Waals surface area contributed by atoms with Gasteiger partial charge < -0.3 is 25.2 Å². The summed E-state index contributed by atoms with van der Waals surface area (Å²) in [7, 11) is -4.76. The highest BCUT2D eigenvalue weighted by Crippen LogP contribution is 2.43. The van der Waals surface area contributed by atoms with Gasteiger partial charge in [0.15, 0.2) is 6.04 Å². The van der Waals surface area contributed by atoms with Crippen molar-refractivity contribution >= 4 is 25.7 Å². The molecule has 3 unspecified atom stereocenters. The molecule has 0 aliphatic carbocycles. The van der Waals surface area contributed by atoms with E-state index in [0.29, 0.717) is 12.8 Å². The fraction of sp³-hybridized carbons (Fsp3) is 0.902. The molecule has 0 fully saturated rings. The van der Waals surface area contributed by atoms with Crippen LogP contribution >= 0.6 is 7.82 Å². The molecule has 0 spiro atoms. The first-order valence-electron chi connectivity index (χ1n) is 26.2. The van der Waals surface area contributed by atoms with Gasteiger partial charge in [-0.15, -0.1) is 0 Å². The number of ether oxygens (including phenoxy) is 1. The summed E-state index contributed by atoms with van der Waals surface area (Å²) in [5.74, 6) is -2.36. The summed E-state index contributed by atoms with van der Waals surface area (Å²) >= 11 is 0. The number of aliphatic hydroxyl groups is 1. The van der Waals surface area contributed by atoms with Crippen molar-refractivity contribution in [1.82, 2.24) is 5.32 Å². The summed E-state index contributed by atoms with van der Waals surface area (Å²) in [6.07, 6.45) is 49.5. The van der Waals surface area contributed by atoms with E-state index >= 15 is 0 Å². The highest BCUT2D eigenvalue weighted by molar-refractivity contribution is 7.47. The van der Waals surface area contributed by atoms with Gasteiger partial charge in [-0.3, -0.25) is 18.6 Å². The molecule has 0 radical (unpaired) electrons. The van der Waals surface area contributed by atoms with Crippen molar-refractivity contribution in [3.8, 4) is 0 Å². The van der Waals surface area contributed by atoms with Crippen molar-refractivity contribution in [2.24, 2.45) is 0 Å². The van der Waals surface area contributed by atoms with Gasteiger partial charge in [-0.05, 0) is 38.5 Å². The third-order valence-corrected chi connectivity index (χ3v) is 12.8. The van der Waals surface area contributed by atoms with Crippen molar-refractivity contribution in [2.75, 3.05) is 19.8 Å². The van der Waals surface area contributed by atoms with Crippen LogP contribution in [0.4, 0.5) is 0 Å². The summed E-state index contributed by atoms with van der Waals surface area (Å²) in [5, 5.41) is 21.9. The van der Waals surface area contributed by atoms with E-state index in [-0.39, 0.29) is 12.8 Å². The first-order valence-corrected chi connectivity index (χ1v) is 27.7. The minimum absolute atomic E-state index is 0.152. The van der Waals surface area contributed by atoms with E-state index in [9.17, 15) is 34.1 Å². The van der Waals surface area contributed by atoms with Crippen LogP contribution in [0.25, 0.3) is 0 Å². The number of carbonyl (C=O) groups is 3. The smallest absolute Gasteiger partial charge is 0.472 e. The van der Waals surface area contributed by atoms with Crippen molar-refractivity contribution in [3.63, 3.8) is 0 Å². The number of hydrogen-bond acceptors (Lipinski definition) is 8. The molecule has 0 rings (SSSR count). The number of phosphoric ester groups is 1. The van der Waals surface area contributed by atoms with E-state index in [4.69, 9.17) is 13.8 Å². The number of amides is 1. The maximum absolute atomic E-state index is 12.4. The van der Waals surface area contributed by atoms with Gasteiger partial charge >= 0.3 is 19.8 Å². The van der Waals surface area contributed by atoms with Crippen LogP contribution in [-0.2, 0) is 32.7 Å². The number of carbonyl (C=O) groups excluding carboxylic acids is 2. The zero-order valence-electron chi connectivity index (χ0n) is 40.7. The summed E-state index contributed by atoms with van der Waals surface area (Å²) < 4.78 is 27.0. The Morgan fingerprint density at radius 3 is 1.21 bits per heavy atom. The van der Waals surface area contributed by atoms with E-state index in [2.05, 4.69) is 31.3 Å². The number of aliphatic hydroxyl groups excluding tert-OH is 1. The van der Waals surface area contributed by atoms with E-state index in [1.54, 1.807) is 0 Å². The maximum Gasteiger partial charge on any atom is 0.472 e. The van der Waals surface area contributed by atoms with Crippen LogP contribution in [0.1, 0.15) is 264 Å². The van der Waals surface area contributed by atoms with Crippen LogP contribution in [0.3, 0.4) is 0 Å². The number of unbranched alkanes of at least 4 members (excludes halogenated alkanes) is 34. The second-order valence-corrected chi connectivity index (χ2v) is 19.5. The van der Waals surface area contributed by atoms with Gasteiger partial charge in [-0.1, -0.05) is 225 Å². The second-order valence-electron chi connectivity index (χ2n) is 18.1. The molecular formula is C51H98NO10P. The van der Waals surface area contributed by atoms with Crippen LogP contribution in [0.5, 0.6) is 0 Å². The molecule has 0 aliphatic rings. The SMILES string of the molecule is CCCCCCCCC/C=C\CCCCCCCCCC(=O)OCC(O)COP(=O)(O)OCC(NC(=O)CCCCCCCCCCCCCCCCCCCCCCC)C(=O)O. The average molecular weight is 916 g/mol. The van der Waals surface area contributed by atoms with Crippen LogP contribution in [0.2, 0.25) is 0 Å². The molecule has 12 heteroatoms. The highest BCUT2D eigenvalue weighted by Gasteiger charge is 2.28. The largest absolute Gasteiger partial charge is 0.480 e. The lowest BCUT2D eigenvalue weighted by Gasteiger charge is -2.18. The minimum atomic E-state index is -4.76. The van der Waals surface area contributed by atoms with Crippen molar-refractivity contribution in [3.05, 3.63) is 12.2 Å². The molecule has 0 bridgehead atoms. The Balaban J connectivity index is 3.79. The zero-order chi connectivity index (χ0) is 46.3. The number of carboxylic acid groups (broad SMARTS) is 1. The van der Waals surface area contributed by atoms with Crippen molar-refractivity contribution < 1.29 is 47.8 Å². The predicted octanol–water partition coefficient (Wildman–Crippen LogP) is 14.4. The fourth-order valence-electron chi connectivity index (χ4n) is 7.72. The second kappa shape index (κ2) is 46.7. The van der Waals surface area contributed by atoms with E-state index in [1.807, 2.05) is 0 Å². The predicted molar refractivity (Wildman–Crippen MR) is 259 cm³/mol. The van der Waals surface area contributed by atoms with Crippen LogP contribution in [0, 0.1) is 0 Å². The summed E-state index contributed by atoms with van der Waals surface area (Å²) in [6.45, 7) is 2.64. The number of hydrogen-bond donors (Lipinski definition) is 4. The Morgan fingerprint density at radius 2 is 0.825 bits per heavy atom. The molecule has 11 nitrogen and oxygen atoms in total. The number of esters is 1. The molecule has 372 valence electrons. The van der Waals surface area contributed by atoms with Gasteiger partial charge in [0.25, 0.3) is 0 Å². The van der Waals surface area contributed by atoms with E-state index in [1.165, 1.54) is 180 Å². The van der Waals surface area contributed by atoms with Crippen molar-refractivity contribution in [1.29, 1.82) is 0 Å². The van der Waals surface area contributed by atoms with E-state index < -0.39 is 57.6 Å². The Bertz CT molecular complexity index is 1120. The van der Waals surface area contributed by atoms with Crippen LogP contribution in [-0.4, -0.2) is 64.9 Å². The molecule has 3 atom stereocenters. The van der Waals surface area contributed by atoms with Gasteiger partial charge in [-0.2, -0.15) is 0 Å². The number of rotatable bonds is 50. The molecule has 0 saturated heterocycles. The molecular weight excluding hydrogens is 818 g/mol. The van der Waals surface area contributed by atoms with Gasteiger partial charge in [-0.25, -0.2) is 9.36 Å². The topological polar surface area (TPSA) is 169 Å². The Hall–Kier alpha value is -1.78. The molecule has 0 heterocycles. The monoisotopic (exact) mass is 916 g/mol. The average Bonchev–Trinajstić information content (AvgIpc) is 3.26. The molecule has 0 aromatic heterocycles. The number of carboxylic acids is 1. The van der Waals surface area contributed by atoms with Crippen LogP contribution < -0.4 is 5.32 Å². The molecule has 0 aliphatic heterocycles. The lowest BCUT2D eigenvalue weighted by Crippen LogP contribution is -2.43. The summed E-state index contributed by atoms with van der Waals surface area (Å²) in [6, 6.07) is -1.54. The molecule has 1 amide bonds. The molecule has 0 saturated carbocycles. The Morgan fingerprint density at radius 1 is 0.492 bits per heavy atom.